The van der Waals surface area contributed by atoms with Gasteiger partial charge in [-0.1, -0.05) is 11.3 Å². The van der Waals surface area contributed by atoms with Gasteiger partial charge in [0.15, 0.2) is 5.13 Å². The van der Waals surface area contributed by atoms with Crippen LogP contribution >= 0.6 is 11.3 Å². The highest BCUT2D eigenvalue weighted by molar-refractivity contribution is 7.22. The molecule has 0 aliphatic carbocycles. The number of amides is 1. The van der Waals surface area contributed by atoms with Crippen LogP contribution in [0.5, 0.6) is 5.75 Å². The van der Waals surface area contributed by atoms with Crippen LogP contribution in [-0.2, 0) is 9.47 Å². The van der Waals surface area contributed by atoms with Crippen molar-refractivity contribution in [1.29, 1.82) is 0 Å². The number of piperidine rings is 1. The monoisotopic (exact) mass is 421 g/mol. The minimum absolute atomic E-state index is 0.0953. The van der Waals surface area contributed by atoms with Gasteiger partial charge in [0, 0.05) is 19.2 Å². The molecule has 3 rings (SSSR count). The second kappa shape index (κ2) is 9.17. The average Bonchev–Trinajstić information content (AvgIpc) is 3.08. The van der Waals surface area contributed by atoms with E-state index in [1.807, 2.05) is 39.8 Å². The Morgan fingerprint density at radius 2 is 2.07 bits per heavy atom. The van der Waals surface area contributed by atoms with Crippen molar-refractivity contribution in [2.24, 2.45) is 0 Å². The molecule has 0 spiro atoms. The van der Waals surface area contributed by atoms with Gasteiger partial charge in [0.05, 0.1) is 36.1 Å². The van der Waals surface area contributed by atoms with Gasteiger partial charge < -0.3 is 24.4 Å². The lowest BCUT2D eigenvalue weighted by molar-refractivity contribution is 0.0182. The Labute approximate surface area is 176 Å². The first-order valence-corrected chi connectivity index (χ1v) is 10.9. The Hall–Kier alpha value is -2.06. The summed E-state index contributed by atoms with van der Waals surface area (Å²) in [4.78, 5) is 18.9. The first-order valence-electron chi connectivity index (χ1n) is 10.0. The molecule has 1 aliphatic rings. The number of carbonyl (C=O) groups is 1. The SMILES string of the molecule is COc1ccc2sc(N3CCC(OC[C@H](C)NC(=O)OC(C)(C)C)CC3)nc2c1. The summed E-state index contributed by atoms with van der Waals surface area (Å²) in [5.41, 5.74) is 0.480. The third kappa shape index (κ3) is 6.21. The molecule has 0 radical (unpaired) electrons. The summed E-state index contributed by atoms with van der Waals surface area (Å²) in [6, 6.07) is 5.91. The first-order chi connectivity index (χ1) is 13.7. The summed E-state index contributed by atoms with van der Waals surface area (Å²) in [6.45, 7) is 9.78. The summed E-state index contributed by atoms with van der Waals surface area (Å²) in [5.74, 6) is 0.829. The fourth-order valence-corrected chi connectivity index (χ4v) is 4.20. The molecule has 1 N–H and O–H groups in total. The summed E-state index contributed by atoms with van der Waals surface area (Å²) in [7, 11) is 1.67. The van der Waals surface area contributed by atoms with Gasteiger partial charge in [-0.25, -0.2) is 9.78 Å². The number of nitrogens with zero attached hydrogens (tertiary/aromatic N) is 2. The maximum Gasteiger partial charge on any atom is 0.407 e. The smallest absolute Gasteiger partial charge is 0.407 e. The third-order valence-corrected chi connectivity index (χ3v) is 5.74. The molecule has 1 saturated heterocycles. The third-order valence-electron chi connectivity index (χ3n) is 4.64. The van der Waals surface area contributed by atoms with Crippen molar-refractivity contribution in [2.75, 3.05) is 31.7 Å². The standard InChI is InChI=1S/C21H31N3O4S/c1-14(22-20(25)28-21(2,3)4)13-27-15-8-10-24(11-9-15)19-23-17-12-16(26-5)6-7-18(17)29-19/h6-7,12,14-15H,8-11,13H2,1-5H3,(H,22,25)/t14-/m0/s1. The minimum atomic E-state index is -0.497. The predicted octanol–water partition coefficient (Wildman–Crippen LogP) is 4.20. The molecule has 0 saturated carbocycles. The van der Waals surface area contributed by atoms with Crippen LogP contribution < -0.4 is 15.0 Å². The van der Waals surface area contributed by atoms with Gasteiger partial charge in [-0.15, -0.1) is 0 Å². The van der Waals surface area contributed by atoms with Gasteiger partial charge >= 0.3 is 6.09 Å². The van der Waals surface area contributed by atoms with Crippen LogP contribution in [0.1, 0.15) is 40.5 Å². The molecule has 0 bridgehead atoms. The Balaban J connectivity index is 1.44. The second-order valence-electron chi connectivity index (χ2n) is 8.40. The molecule has 1 fully saturated rings. The topological polar surface area (TPSA) is 72.9 Å². The lowest BCUT2D eigenvalue weighted by Gasteiger charge is -2.32. The van der Waals surface area contributed by atoms with Crippen molar-refractivity contribution >= 4 is 32.8 Å². The van der Waals surface area contributed by atoms with E-state index >= 15 is 0 Å². The zero-order chi connectivity index (χ0) is 21.0. The quantitative estimate of drug-likeness (QED) is 0.753. The Bertz CT molecular complexity index is 825. The maximum atomic E-state index is 11.8. The van der Waals surface area contributed by atoms with Gasteiger partial charge in [-0.2, -0.15) is 0 Å². The summed E-state index contributed by atoms with van der Waals surface area (Å²) >= 11 is 1.71. The van der Waals surface area contributed by atoms with E-state index in [1.54, 1.807) is 18.4 Å². The molecule has 7 nitrogen and oxygen atoms in total. The first kappa shape index (κ1) is 21.6. The molecule has 29 heavy (non-hydrogen) atoms. The number of hydrogen-bond donors (Lipinski definition) is 1. The van der Waals surface area contributed by atoms with Crippen molar-refractivity contribution in [2.45, 2.75) is 58.3 Å². The highest BCUT2D eigenvalue weighted by Gasteiger charge is 2.23. The van der Waals surface area contributed by atoms with Crippen molar-refractivity contribution in [3.8, 4) is 5.75 Å². The van der Waals surface area contributed by atoms with Gasteiger partial charge in [0.1, 0.15) is 11.4 Å². The van der Waals surface area contributed by atoms with E-state index in [0.29, 0.717) is 6.61 Å². The maximum absolute atomic E-state index is 11.8. The molecule has 2 heterocycles. The van der Waals surface area contributed by atoms with E-state index < -0.39 is 11.7 Å². The van der Waals surface area contributed by atoms with Crippen molar-refractivity contribution < 1.29 is 19.0 Å². The highest BCUT2D eigenvalue weighted by atomic mass is 32.1. The molecule has 2 aromatic rings. The number of thiazole rings is 1. The normalized spacial score (nSPS) is 16.7. The van der Waals surface area contributed by atoms with Crippen molar-refractivity contribution in [3.05, 3.63) is 18.2 Å². The van der Waals surface area contributed by atoms with Crippen molar-refractivity contribution in [1.82, 2.24) is 10.3 Å². The molecule has 0 unspecified atom stereocenters. The molecule has 160 valence electrons. The van der Waals surface area contributed by atoms with Crippen LogP contribution in [0.15, 0.2) is 18.2 Å². The van der Waals surface area contributed by atoms with Gasteiger partial charge in [0.25, 0.3) is 0 Å². The molecule has 1 aliphatic heterocycles. The second-order valence-corrected chi connectivity index (χ2v) is 9.41. The molecule has 1 atom stereocenters. The Morgan fingerprint density at radius 3 is 2.72 bits per heavy atom. The number of fused-ring (bicyclic) bond motifs is 1. The fraction of sp³-hybridized carbons (Fsp3) is 0.619. The Kier molecular flexibility index (Phi) is 6.85. The van der Waals surface area contributed by atoms with E-state index in [9.17, 15) is 4.79 Å². The summed E-state index contributed by atoms with van der Waals surface area (Å²) in [5, 5.41) is 3.87. The molecule has 8 heteroatoms. The fourth-order valence-electron chi connectivity index (χ4n) is 3.20. The molecule has 1 aromatic heterocycles. The number of benzene rings is 1. The predicted molar refractivity (Wildman–Crippen MR) is 116 cm³/mol. The number of methoxy groups -OCH3 is 1. The summed E-state index contributed by atoms with van der Waals surface area (Å²) in [6.07, 6.45) is 1.68. The highest BCUT2D eigenvalue weighted by Crippen LogP contribution is 2.32. The average molecular weight is 422 g/mol. The number of aromatic nitrogens is 1. The van der Waals surface area contributed by atoms with Crippen LogP contribution in [0.4, 0.5) is 9.93 Å². The molecular weight excluding hydrogens is 390 g/mol. The molecule has 1 aromatic carbocycles. The minimum Gasteiger partial charge on any atom is -0.497 e. The molecular formula is C21H31N3O4S. The van der Waals surface area contributed by atoms with Crippen LogP contribution in [0.3, 0.4) is 0 Å². The largest absolute Gasteiger partial charge is 0.497 e. The van der Waals surface area contributed by atoms with Crippen LogP contribution in [0, 0.1) is 0 Å². The van der Waals surface area contributed by atoms with Crippen LogP contribution in [0.2, 0.25) is 0 Å². The van der Waals surface area contributed by atoms with Crippen molar-refractivity contribution in [3.63, 3.8) is 0 Å². The summed E-state index contributed by atoms with van der Waals surface area (Å²) < 4.78 is 17.7. The van der Waals surface area contributed by atoms with Gasteiger partial charge in [-0.3, -0.25) is 0 Å². The number of rotatable bonds is 6. The Morgan fingerprint density at radius 1 is 1.34 bits per heavy atom. The van der Waals surface area contributed by atoms with E-state index in [2.05, 4.69) is 16.3 Å². The number of nitrogens with one attached hydrogen (secondary N) is 1. The van der Waals surface area contributed by atoms with E-state index in [4.69, 9.17) is 19.2 Å². The number of alkyl carbamates (subject to hydrolysis) is 1. The van der Waals surface area contributed by atoms with E-state index in [1.165, 1.54) is 4.70 Å². The zero-order valence-corrected chi connectivity index (χ0v) is 18.7. The van der Waals surface area contributed by atoms with Gasteiger partial charge in [-0.05, 0) is 52.7 Å². The number of hydrogen-bond acceptors (Lipinski definition) is 7. The zero-order valence-electron chi connectivity index (χ0n) is 17.9. The number of anilines is 1. The lowest BCUT2D eigenvalue weighted by Crippen LogP contribution is -2.42. The van der Waals surface area contributed by atoms with E-state index in [0.717, 1.165) is 42.3 Å². The lowest BCUT2D eigenvalue weighted by atomic mass is 10.1. The van der Waals surface area contributed by atoms with E-state index in [-0.39, 0.29) is 12.1 Å². The van der Waals surface area contributed by atoms with Gasteiger partial charge in [0.2, 0.25) is 0 Å². The van der Waals surface area contributed by atoms with Crippen LogP contribution in [-0.4, -0.2) is 55.6 Å². The number of ether oxygens (including phenoxy) is 3. The van der Waals surface area contributed by atoms with Crippen LogP contribution in [0.25, 0.3) is 10.2 Å². The molecule has 1 amide bonds. The number of carbonyl (C=O) groups excluding carboxylic acids is 1.